The second-order valence-corrected chi connectivity index (χ2v) is 8.25. The summed E-state index contributed by atoms with van der Waals surface area (Å²) in [6, 6.07) is 5.84. The maximum Gasteiger partial charge on any atom is 0.267 e. The summed E-state index contributed by atoms with van der Waals surface area (Å²) in [7, 11) is -2.29. The molecule has 3 rings (SSSR count). The van der Waals surface area contributed by atoms with Crippen molar-refractivity contribution in [2.24, 2.45) is 0 Å². The van der Waals surface area contributed by atoms with Gasteiger partial charge in [0.15, 0.2) is 0 Å². The highest BCUT2D eigenvalue weighted by molar-refractivity contribution is 7.89. The van der Waals surface area contributed by atoms with E-state index in [1.54, 1.807) is 6.07 Å². The minimum Gasteiger partial charge on any atom is -0.495 e. The number of rotatable bonds is 6. The van der Waals surface area contributed by atoms with E-state index in [1.165, 1.54) is 30.0 Å². The molecule has 0 aliphatic heterocycles. The zero-order valence-electron chi connectivity index (χ0n) is 14.4. The molecule has 0 saturated carbocycles. The van der Waals surface area contributed by atoms with E-state index in [4.69, 9.17) is 16.3 Å². The van der Waals surface area contributed by atoms with Crippen LogP contribution >= 0.6 is 11.6 Å². The minimum atomic E-state index is -3.74. The zero-order chi connectivity index (χ0) is 18.7. The first-order valence-corrected chi connectivity index (χ1v) is 10.2. The van der Waals surface area contributed by atoms with Crippen molar-refractivity contribution in [1.29, 1.82) is 0 Å². The van der Waals surface area contributed by atoms with Crippen molar-refractivity contribution >= 4 is 21.6 Å². The van der Waals surface area contributed by atoms with Crippen LogP contribution in [0.15, 0.2) is 34.0 Å². The maximum atomic E-state index is 12.4. The number of methoxy groups -OCH3 is 1. The lowest BCUT2D eigenvalue weighted by molar-refractivity contribution is 0.414. The molecule has 1 aliphatic rings. The molecule has 1 aliphatic carbocycles. The van der Waals surface area contributed by atoms with Gasteiger partial charge in [-0.3, -0.25) is 4.79 Å². The normalized spacial score (nSPS) is 14.1. The van der Waals surface area contributed by atoms with Crippen LogP contribution < -0.4 is 15.0 Å². The number of benzene rings is 1. The number of halogens is 1. The van der Waals surface area contributed by atoms with Crippen LogP contribution in [0.4, 0.5) is 0 Å². The van der Waals surface area contributed by atoms with Gasteiger partial charge in [-0.05, 0) is 49.4 Å². The average Bonchev–Trinajstić information content (AvgIpc) is 2.62. The average molecular weight is 398 g/mol. The van der Waals surface area contributed by atoms with Crippen molar-refractivity contribution in [3.8, 4) is 5.75 Å². The highest BCUT2D eigenvalue weighted by atomic mass is 35.5. The number of sulfonamides is 1. The van der Waals surface area contributed by atoms with Crippen LogP contribution in [0.1, 0.15) is 24.1 Å². The number of aromatic nitrogens is 2. The minimum absolute atomic E-state index is 0.0362. The Labute approximate surface area is 157 Å². The SMILES string of the molecule is COc1ccc(S(=O)(=O)NCCn2nc3c(cc2=O)CCCC3)cc1Cl. The maximum absolute atomic E-state index is 12.4. The third-order valence-electron chi connectivity index (χ3n) is 4.32. The molecule has 9 heteroatoms. The lowest BCUT2D eigenvalue weighted by atomic mass is 9.97. The van der Waals surface area contributed by atoms with Gasteiger partial charge in [0.25, 0.3) is 5.56 Å². The monoisotopic (exact) mass is 397 g/mol. The predicted molar refractivity (Wildman–Crippen MR) is 98.3 cm³/mol. The van der Waals surface area contributed by atoms with Gasteiger partial charge in [0.2, 0.25) is 10.0 Å². The highest BCUT2D eigenvalue weighted by Crippen LogP contribution is 2.26. The molecule has 0 bridgehead atoms. The largest absolute Gasteiger partial charge is 0.495 e. The molecule has 1 aromatic heterocycles. The van der Waals surface area contributed by atoms with Gasteiger partial charge in [-0.1, -0.05) is 11.6 Å². The molecule has 1 aromatic carbocycles. The first kappa shape index (κ1) is 18.9. The van der Waals surface area contributed by atoms with Crippen molar-refractivity contribution in [3.63, 3.8) is 0 Å². The van der Waals surface area contributed by atoms with Crippen molar-refractivity contribution in [2.45, 2.75) is 37.1 Å². The highest BCUT2D eigenvalue weighted by Gasteiger charge is 2.17. The molecule has 0 atom stereocenters. The summed E-state index contributed by atoms with van der Waals surface area (Å²) in [5, 5.41) is 4.58. The molecule has 7 nitrogen and oxygen atoms in total. The van der Waals surface area contributed by atoms with Gasteiger partial charge in [-0.25, -0.2) is 17.8 Å². The predicted octanol–water partition coefficient (Wildman–Crippen LogP) is 1.76. The third kappa shape index (κ3) is 4.08. The molecule has 0 spiro atoms. The van der Waals surface area contributed by atoms with Crippen molar-refractivity contribution in [2.75, 3.05) is 13.7 Å². The van der Waals surface area contributed by atoms with Gasteiger partial charge in [0.1, 0.15) is 5.75 Å². The molecular formula is C17H20ClN3O4S. The van der Waals surface area contributed by atoms with Crippen LogP contribution in [0.3, 0.4) is 0 Å². The lowest BCUT2D eigenvalue weighted by Gasteiger charge is -2.16. The molecule has 26 heavy (non-hydrogen) atoms. The fourth-order valence-corrected chi connectivity index (χ4v) is 4.31. The fraction of sp³-hybridized carbons (Fsp3) is 0.412. The summed E-state index contributed by atoms with van der Waals surface area (Å²) in [5.41, 5.74) is 1.73. The number of nitrogens with zero attached hydrogens (tertiary/aromatic N) is 2. The van der Waals surface area contributed by atoms with Crippen molar-refractivity contribution < 1.29 is 13.2 Å². The second kappa shape index (κ2) is 7.77. The zero-order valence-corrected chi connectivity index (χ0v) is 15.9. The Bertz CT molecular complexity index is 972. The van der Waals surface area contributed by atoms with Crippen molar-refractivity contribution in [3.05, 3.63) is 50.9 Å². The fourth-order valence-electron chi connectivity index (χ4n) is 2.94. The number of ether oxygens (including phenoxy) is 1. The van der Waals surface area contributed by atoms with E-state index in [0.717, 1.165) is 36.9 Å². The number of hydrogen-bond acceptors (Lipinski definition) is 5. The van der Waals surface area contributed by atoms with Gasteiger partial charge in [0, 0.05) is 12.6 Å². The molecule has 2 aromatic rings. The Hall–Kier alpha value is -1.90. The number of nitrogens with one attached hydrogen (secondary N) is 1. The molecule has 140 valence electrons. The van der Waals surface area contributed by atoms with Crippen LogP contribution in [0, 0.1) is 0 Å². The first-order chi connectivity index (χ1) is 12.4. The number of hydrogen-bond donors (Lipinski definition) is 1. The number of aryl methyl sites for hydroxylation is 2. The van der Waals surface area contributed by atoms with Crippen LogP contribution in [0.25, 0.3) is 0 Å². The van der Waals surface area contributed by atoms with E-state index in [0.29, 0.717) is 5.75 Å². The van der Waals surface area contributed by atoms with Gasteiger partial charge in [-0.2, -0.15) is 5.10 Å². The summed E-state index contributed by atoms with van der Waals surface area (Å²) < 4.78 is 33.5. The molecule has 0 unspecified atom stereocenters. The summed E-state index contributed by atoms with van der Waals surface area (Å²) in [6.07, 6.45) is 3.86. The van der Waals surface area contributed by atoms with E-state index >= 15 is 0 Å². The Morgan fingerprint density at radius 2 is 2.04 bits per heavy atom. The summed E-state index contributed by atoms with van der Waals surface area (Å²) in [5.74, 6) is 0.399. The summed E-state index contributed by atoms with van der Waals surface area (Å²) >= 11 is 5.98. The Morgan fingerprint density at radius 1 is 1.27 bits per heavy atom. The second-order valence-electron chi connectivity index (χ2n) is 6.08. The number of fused-ring (bicyclic) bond motifs is 1. The van der Waals surface area contributed by atoms with Crippen molar-refractivity contribution in [1.82, 2.24) is 14.5 Å². The molecule has 0 radical (unpaired) electrons. The molecule has 0 amide bonds. The lowest BCUT2D eigenvalue weighted by Crippen LogP contribution is -2.33. The molecule has 0 fully saturated rings. The first-order valence-electron chi connectivity index (χ1n) is 8.34. The van der Waals surface area contributed by atoms with Gasteiger partial charge in [0.05, 0.1) is 29.3 Å². The van der Waals surface area contributed by atoms with E-state index in [1.807, 2.05) is 0 Å². The smallest absolute Gasteiger partial charge is 0.267 e. The van der Waals surface area contributed by atoms with Crippen LogP contribution in [-0.2, 0) is 29.4 Å². The molecule has 1 N–H and O–H groups in total. The molecule has 1 heterocycles. The quantitative estimate of drug-likeness (QED) is 0.802. The summed E-state index contributed by atoms with van der Waals surface area (Å²) in [4.78, 5) is 12.2. The Morgan fingerprint density at radius 3 is 2.77 bits per heavy atom. The standard InChI is InChI=1S/C17H20ClN3O4S/c1-25-16-7-6-13(11-14(16)18)26(23,24)19-8-9-21-17(22)10-12-4-2-3-5-15(12)20-21/h6-7,10-11,19H,2-5,8-9H2,1H3. The van der Waals surface area contributed by atoms with Crippen LogP contribution in [-0.4, -0.2) is 31.9 Å². The Kier molecular flexibility index (Phi) is 5.64. The van der Waals surface area contributed by atoms with Gasteiger partial charge in [-0.15, -0.1) is 0 Å². The van der Waals surface area contributed by atoms with E-state index in [-0.39, 0.29) is 28.6 Å². The van der Waals surface area contributed by atoms with Gasteiger partial charge < -0.3 is 4.74 Å². The van der Waals surface area contributed by atoms with Crippen LogP contribution in [0.5, 0.6) is 5.75 Å². The topological polar surface area (TPSA) is 90.3 Å². The Balaban J connectivity index is 1.69. The van der Waals surface area contributed by atoms with E-state index < -0.39 is 10.0 Å². The molecular weight excluding hydrogens is 378 g/mol. The van der Waals surface area contributed by atoms with Gasteiger partial charge >= 0.3 is 0 Å². The van der Waals surface area contributed by atoms with E-state index in [9.17, 15) is 13.2 Å². The van der Waals surface area contributed by atoms with E-state index in [2.05, 4.69) is 9.82 Å². The summed E-state index contributed by atoms with van der Waals surface area (Å²) in [6.45, 7) is 0.215. The third-order valence-corrected chi connectivity index (χ3v) is 6.08. The molecule has 0 saturated heterocycles. The van der Waals surface area contributed by atoms with Crippen LogP contribution in [0.2, 0.25) is 5.02 Å².